The number of benzene rings is 1. The van der Waals surface area contributed by atoms with E-state index in [1.54, 1.807) is 13.0 Å². The molecule has 0 saturated heterocycles. The third-order valence-electron chi connectivity index (χ3n) is 3.40. The molecule has 1 aliphatic carbocycles. The lowest BCUT2D eigenvalue weighted by Gasteiger charge is -2.42. The Balaban J connectivity index is 2.17. The molecule has 5 nitrogen and oxygen atoms in total. The highest BCUT2D eigenvalue weighted by molar-refractivity contribution is 9.10. The second-order valence-corrected chi connectivity index (χ2v) is 5.87. The fourth-order valence-corrected chi connectivity index (χ4v) is 2.51. The van der Waals surface area contributed by atoms with Crippen LogP contribution < -0.4 is 5.32 Å². The minimum Gasteiger partial charge on any atom is -0.478 e. The van der Waals surface area contributed by atoms with E-state index in [2.05, 4.69) is 21.2 Å². The number of rotatable bonds is 3. The monoisotopic (exact) mass is 327 g/mol. The van der Waals surface area contributed by atoms with Crippen molar-refractivity contribution in [3.63, 3.8) is 0 Å². The molecule has 0 aliphatic heterocycles. The summed E-state index contributed by atoms with van der Waals surface area (Å²) in [5.74, 6) is -1.47. The van der Waals surface area contributed by atoms with Crippen molar-refractivity contribution in [2.45, 2.75) is 31.4 Å². The van der Waals surface area contributed by atoms with E-state index in [0.717, 1.165) is 6.42 Å². The Bertz CT molecular complexity index is 541. The van der Waals surface area contributed by atoms with Gasteiger partial charge in [-0.05, 0) is 38.0 Å². The summed E-state index contributed by atoms with van der Waals surface area (Å²) in [6.45, 7) is 1.67. The first-order chi connectivity index (χ1) is 8.79. The molecule has 0 unspecified atom stereocenters. The van der Waals surface area contributed by atoms with E-state index < -0.39 is 11.6 Å². The normalized spacial score (nSPS) is 25.5. The van der Waals surface area contributed by atoms with Gasteiger partial charge in [-0.2, -0.15) is 0 Å². The lowest BCUT2D eigenvalue weighted by molar-refractivity contribution is -0.0486. The third-order valence-corrected chi connectivity index (χ3v) is 3.86. The van der Waals surface area contributed by atoms with E-state index in [9.17, 15) is 14.7 Å². The summed E-state index contributed by atoms with van der Waals surface area (Å²) in [5, 5.41) is 21.5. The zero-order valence-electron chi connectivity index (χ0n) is 10.3. The van der Waals surface area contributed by atoms with E-state index in [1.165, 1.54) is 12.1 Å². The van der Waals surface area contributed by atoms with Gasteiger partial charge in [0.1, 0.15) is 0 Å². The molecule has 2 rings (SSSR count). The number of aromatic carboxylic acids is 1. The van der Waals surface area contributed by atoms with Crippen molar-refractivity contribution >= 4 is 27.8 Å². The van der Waals surface area contributed by atoms with E-state index in [0.29, 0.717) is 10.9 Å². The lowest BCUT2D eigenvalue weighted by Crippen LogP contribution is -2.58. The molecule has 3 N–H and O–H groups in total. The molecular weight excluding hydrogens is 314 g/mol. The van der Waals surface area contributed by atoms with Gasteiger partial charge in [-0.25, -0.2) is 4.79 Å². The second-order valence-electron chi connectivity index (χ2n) is 4.96. The average molecular weight is 328 g/mol. The molecule has 1 aliphatic rings. The van der Waals surface area contributed by atoms with Crippen molar-refractivity contribution in [1.82, 2.24) is 5.32 Å². The highest BCUT2D eigenvalue weighted by Gasteiger charge is 2.41. The number of hydrogen-bond donors (Lipinski definition) is 3. The molecule has 19 heavy (non-hydrogen) atoms. The first kappa shape index (κ1) is 14.0. The summed E-state index contributed by atoms with van der Waals surface area (Å²) >= 11 is 3.18. The number of hydrogen-bond acceptors (Lipinski definition) is 3. The summed E-state index contributed by atoms with van der Waals surface area (Å²) in [7, 11) is 0. The van der Waals surface area contributed by atoms with Crippen molar-refractivity contribution in [1.29, 1.82) is 0 Å². The highest BCUT2D eigenvalue weighted by atomic mass is 79.9. The summed E-state index contributed by atoms with van der Waals surface area (Å²) in [6, 6.07) is 4.01. The fraction of sp³-hybridized carbons (Fsp3) is 0.385. The molecule has 1 fully saturated rings. The van der Waals surface area contributed by atoms with Gasteiger partial charge in [-0.15, -0.1) is 0 Å². The van der Waals surface area contributed by atoms with E-state index in [-0.39, 0.29) is 23.1 Å². The highest BCUT2D eigenvalue weighted by Crippen LogP contribution is 2.31. The zero-order chi connectivity index (χ0) is 14.2. The van der Waals surface area contributed by atoms with Crippen LogP contribution >= 0.6 is 15.9 Å². The molecule has 0 heterocycles. The molecular formula is C13H14BrNO4. The van der Waals surface area contributed by atoms with Crippen molar-refractivity contribution in [3.8, 4) is 0 Å². The number of nitrogens with one attached hydrogen (secondary N) is 1. The van der Waals surface area contributed by atoms with Crippen LogP contribution in [0, 0.1) is 0 Å². The summed E-state index contributed by atoms with van der Waals surface area (Å²) in [5.41, 5.74) is -0.577. The molecule has 1 amide bonds. The zero-order valence-corrected chi connectivity index (χ0v) is 11.9. The number of carboxylic acids is 1. The Morgan fingerprint density at radius 1 is 1.37 bits per heavy atom. The standard InChI is InChI=1S/C13H14BrNO4/c1-13(19)3-2-10(13)15-11(16)7-4-8(12(17)18)6-9(14)5-7/h4-6,10,19H,2-3H2,1H3,(H,15,16)(H,17,18)/t10-,13-/m1/s1. The number of carbonyl (C=O) groups is 2. The van der Waals surface area contributed by atoms with Crippen LogP contribution in [0.1, 0.15) is 40.5 Å². The van der Waals surface area contributed by atoms with Gasteiger partial charge in [-0.3, -0.25) is 4.79 Å². The van der Waals surface area contributed by atoms with Crippen LogP contribution in [0.5, 0.6) is 0 Å². The molecule has 0 radical (unpaired) electrons. The van der Waals surface area contributed by atoms with Crippen LogP contribution in [-0.2, 0) is 0 Å². The molecule has 1 aromatic rings. The number of halogens is 1. The minimum absolute atomic E-state index is 0.0416. The predicted octanol–water partition coefficient (Wildman–Crippen LogP) is 1.79. The lowest BCUT2D eigenvalue weighted by atomic mass is 9.76. The van der Waals surface area contributed by atoms with Gasteiger partial charge in [-0.1, -0.05) is 15.9 Å². The average Bonchev–Trinajstić information content (AvgIpc) is 2.33. The van der Waals surface area contributed by atoms with Gasteiger partial charge in [0.05, 0.1) is 17.2 Å². The van der Waals surface area contributed by atoms with Crippen LogP contribution in [0.3, 0.4) is 0 Å². The van der Waals surface area contributed by atoms with Gasteiger partial charge < -0.3 is 15.5 Å². The Morgan fingerprint density at radius 3 is 2.47 bits per heavy atom. The number of aliphatic hydroxyl groups is 1. The summed E-state index contributed by atoms with van der Waals surface area (Å²) < 4.78 is 0.526. The Hall–Kier alpha value is -1.40. The van der Waals surface area contributed by atoms with Crippen LogP contribution in [-0.4, -0.2) is 33.7 Å². The van der Waals surface area contributed by atoms with Crippen LogP contribution in [0.4, 0.5) is 0 Å². The van der Waals surface area contributed by atoms with Crippen LogP contribution in [0.2, 0.25) is 0 Å². The minimum atomic E-state index is -1.09. The molecule has 0 aromatic heterocycles. The van der Waals surface area contributed by atoms with Crippen molar-refractivity contribution < 1.29 is 19.8 Å². The molecule has 102 valence electrons. The van der Waals surface area contributed by atoms with Gasteiger partial charge in [0.15, 0.2) is 0 Å². The number of carboxylic acid groups (broad SMARTS) is 1. The van der Waals surface area contributed by atoms with Gasteiger partial charge in [0.25, 0.3) is 5.91 Å². The molecule has 1 saturated carbocycles. The topological polar surface area (TPSA) is 86.6 Å². The van der Waals surface area contributed by atoms with Gasteiger partial charge in [0.2, 0.25) is 0 Å². The van der Waals surface area contributed by atoms with Gasteiger partial charge >= 0.3 is 5.97 Å². The molecule has 0 bridgehead atoms. The maximum absolute atomic E-state index is 12.0. The molecule has 2 atom stereocenters. The van der Waals surface area contributed by atoms with Crippen LogP contribution in [0.15, 0.2) is 22.7 Å². The van der Waals surface area contributed by atoms with E-state index in [4.69, 9.17) is 5.11 Å². The fourth-order valence-electron chi connectivity index (χ4n) is 2.02. The summed E-state index contributed by atoms with van der Waals surface area (Å²) in [4.78, 5) is 23.0. The predicted molar refractivity (Wildman–Crippen MR) is 72.2 cm³/mol. The first-order valence-electron chi connectivity index (χ1n) is 5.87. The van der Waals surface area contributed by atoms with Crippen molar-refractivity contribution in [2.75, 3.05) is 0 Å². The van der Waals surface area contributed by atoms with Gasteiger partial charge in [0, 0.05) is 10.0 Å². The van der Waals surface area contributed by atoms with Crippen LogP contribution in [0.25, 0.3) is 0 Å². The van der Waals surface area contributed by atoms with Crippen molar-refractivity contribution in [3.05, 3.63) is 33.8 Å². The third kappa shape index (κ3) is 2.96. The quantitative estimate of drug-likeness (QED) is 0.790. The maximum atomic E-state index is 12.0. The SMILES string of the molecule is C[C@@]1(O)CC[C@H]1NC(=O)c1cc(Br)cc(C(=O)O)c1. The maximum Gasteiger partial charge on any atom is 0.335 e. The number of carbonyl (C=O) groups excluding carboxylic acids is 1. The van der Waals surface area contributed by atoms with E-state index >= 15 is 0 Å². The van der Waals surface area contributed by atoms with E-state index in [1.807, 2.05) is 0 Å². The molecule has 0 spiro atoms. The molecule has 1 aromatic carbocycles. The number of amides is 1. The second kappa shape index (κ2) is 4.94. The van der Waals surface area contributed by atoms with Crippen molar-refractivity contribution in [2.24, 2.45) is 0 Å². The Morgan fingerprint density at radius 2 is 2.00 bits per heavy atom. The largest absolute Gasteiger partial charge is 0.478 e. The Labute approximate surface area is 118 Å². The molecule has 6 heteroatoms. The first-order valence-corrected chi connectivity index (χ1v) is 6.66. The smallest absolute Gasteiger partial charge is 0.335 e. The summed E-state index contributed by atoms with van der Waals surface area (Å²) in [6.07, 6.45) is 1.37. The Kier molecular flexibility index (Phi) is 3.64.